The van der Waals surface area contributed by atoms with Crippen LogP contribution in [0.25, 0.3) is 0 Å². The lowest BCUT2D eigenvalue weighted by molar-refractivity contribution is 0.102. The fourth-order valence-electron chi connectivity index (χ4n) is 3.20. The Bertz CT molecular complexity index is 1000. The number of sulfonamides is 1. The molecule has 1 fully saturated rings. The van der Waals surface area contributed by atoms with Crippen LogP contribution >= 0.6 is 15.9 Å². The molecule has 1 saturated heterocycles. The van der Waals surface area contributed by atoms with Gasteiger partial charge >= 0.3 is 0 Å². The van der Waals surface area contributed by atoms with Crippen LogP contribution in [-0.4, -0.2) is 41.5 Å². The number of aryl methyl sites for hydroxylation is 1. The number of nitrogens with zero attached hydrogens (tertiary/aromatic N) is 3. The Hall–Kier alpha value is -1.71. The van der Waals surface area contributed by atoms with Crippen LogP contribution in [0.5, 0.6) is 0 Å². The first-order chi connectivity index (χ1) is 13.0. The summed E-state index contributed by atoms with van der Waals surface area (Å²) in [4.78, 5) is 13.1. The molecule has 1 aliphatic rings. The van der Waals surface area contributed by atoms with Gasteiger partial charge in [0.2, 0.25) is 10.0 Å². The molecule has 1 aromatic carbocycles. The van der Waals surface area contributed by atoms with Gasteiger partial charge in [0.1, 0.15) is 5.82 Å². The molecule has 152 valence electrons. The van der Waals surface area contributed by atoms with E-state index in [4.69, 9.17) is 0 Å². The number of nitrogens with one attached hydrogen (secondary N) is 1. The van der Waals surface area contributed by atoms with Gasteiger partial charge in [0.25, 0.3) is 5.91 Å². The summed E-state index contributed by atoms with van der Waals surface area (Å²) >= 11 is 3.37. The SMILES string of the molecule is Cc1cc(NC(=O)c2cc(S(=O)(=O)N3CCCC3)ccc2Br)n(C(C)(C)C)n1. The third kappa shape index (κ3) is 4.16. The van der Waals surface area contributed by atoms with Gasteiger partial charge in [-0.3, -0.25) is 4.79 Å². The highest BCUT2D eigenvalue weighted by Crippen LogP contribution is 2.27. The molecule has 3 rings (SSSR count). The van der Waals surface area contributed by atoms with E-state index >= 15 is 0 Å². The van der Waals surface area contributed by atoms with Gasteiger partial charge in [-0.25, -0.2) is 13.1 Å². The summed E-state index contributed by atoms with van der Waals surface area (Å²) in [5.74, 6) is 0.172. The van der Waals surface area contributed by atoms with Crippen molar-refractivity contribution in [1.82, 2.24) is 14.1 Å². The van der Waals surface area contributed by atoms with E-state index in [9.17, 15) is 13.2 Å². The second-order valence-electron chi connectivity index (χ2n) is 7.96. The first-order valence-corrected chi connectivity index (χ1v) is 11.4. The molecule has 0 aliphatic carbocycles. The van der Waals surface area contributed by atoms with E-state index in [2.05, 4.69) is 26.3 Å². The maximum atomic E-state index is 12.9. The normalized spacial score (nSPS) is 15.8. The molecule has 1 aliphatic heterocycles. The molecule has 0 bridgehead atoms. The largest absolute Gasteiger partial charge is 0.307 e. The van der Waals surface area contributed by atoms with Crippen molar-refractivity contribution in [2.75, 3.05) is 18.4 Å². The molecule has 7 nitrogen and oxygen atoms in total. The smallest absolute Gasteiger partial charge is 0.257 e. The van der Waals surface area contributed by atoms with Crippen molar-refractivity contribution in [1.29, 1.82) is 0 Å². The van der Waals surface area contributed by atoms with E-state index in [-0.39, 0.29) is 16.0 Å². The zero-order valence-corrected chi connectivity index (χ0v) is 18.9. The predicted octanol–water partition coefficient (Wildman–Crippen LogP) is 3.75. The fraction of sp³-hybridized carbons (Fsp3) is 0.474. The van der Waals surface area contributed by atoms with Crippen LogP contribution in [-0.2, 0) is 15.6 Å². The Balaban J connectivity index is 1.93. The van der Waals surface area contributed by atoms with Crippen molar-refractivity contribution < 1.29 is 13.2 Å². The molecule has 1 N–H and O–H groups in total. The lowest BCUT2D eigenvalue weighted by atomic mass is 10.1. The minimum atomic E-state index is -3.60. The number of amides is 1. The number of aromatic nitrogens is 2. The molecule has 2 aromatic rings. The number of hydrogen-bond donors (Lipinski definition) is 1. The van der Waals surface area contributed by atoms with Crippen molar-refractivity contribution in [3.8, 4) is 0 Å². The maximum absolute atomic E-state index is 12.9. The van der Waals surface area contributed by atoms with Gasteiger partial charge < -0.3 is 5.32 Å². The summed E-state index contributed by atoms with van der Waals surface area (Å²) in [7, 11) is -3.60. The number of carbonyl (C=O) groups excluding carboxylic acids is 1. The van der Waals surface area contributed by atoms with Gasteiger partial charge in [-0.1, -0.05) is 0 Å². The van der Waals surface area contributed by atoms with Crippen LogP contribution in [0, 0.1) is 6.92 Å². The zero-order chi connectivity index (χ0) is 20.7. The average molecular weight is 469 g/mol. The van der Waals surface area contributed by atoms with Gasteiger partial charge in [0, 0.05) is 23.6 Å². The molecule has 0 spiro atoms. The van der Waals surface area contributed by atoms with Crippen molar-refractivity contribution in [3.05, 3.63) is 40.0 Å². The number of hydrogen-bond acceptors (Lipinski definition) is 4. The molecule has 0 unspecified atom stereocenters. The minimum absolute atomic E-state index is 0.128. The van der Waals surface area contributed by atoms with E-state index in [1.54, 1.807) is 16.8 Å². The van der Waals surface area contributed by atoms with Gasteiger partial charge in [-0.05, 0) is 74.7 Å². The first kappa shape index (κ1) is 21.0. The summed E-state index contributed by atoms with van der Waals surface area (Å²) in [6.07, 6.45) is 1.72. The number of rotatable bonds is 4. The molecule has 0 saturated carbocycles. The summed E-state index contributed by atoms with van der Waals surface area (Å²) in [6.45, 7) is 8.88. The molecule has 28 heavy (non-hydrogen) atoms. The van der Waals surface area contributed by atoms with Gasteiger partial charge in [0.05, 0.1) is 21.7 Å². The molecule has 0 atom stereocenters. The van der Waals surface area contributed by atoms with Crippen molar-refractivity contribution in [3.63, 3.8) is 0 Å². The van der Waals surface area contributed by atoms with E-state index in [0.717, 1.165) is 18.5 Å². The highest BCUT2D eigenvalue weighted by Gasteiger charge is 2.28. The van der Waals surface area contributed by atoms with E-state index in [0.29, 0.717) is 23.4 Å². The molecular weight excluding hydrogens is 444 g/mol. The number of carbonyl (C=O) groups is 1. The van der Waals surface area contributed by atoms with Crippen LogP contribution in [0.2, 0.25) is 0 Å². The number of benzene rings is 1. The molecule has 1 amide bonds. The fourth-order valence-corrected chi connectivity index (χ4v) is 5.17. The monoisotopic (exact) mass is 468 g/mol. The number of anilines is 1. The minimum Gasteiger partial charge on any atom is -0.307 e. The lowest BCUT2D eigenvalue weighted by Crippen LogP contribution is -2.28. The Labute approximate surface area is 174 Å². The van der Waals surface area contributed by atoms with Crippen molar-refractivity contribution in [2.45, 2.75) is 51.0 Å². The standard InChI is InChI=1S/C19H25BrN4O3S/c1-13-11-17(24(22-13)19(2,3)4)21-18(25)15-12-14(7-8-16(15)20)28(26,27)23-9-5-6-10-23/h7-8,11-12H,5-6,9-10H2,1-4H3,(H,21,25). The lowest BCUT2D eigenvalue weighted by Gasteiger charge is -2.22. The number of halogens is 1. The zero-order valence-electron chi connectivity index (χ0n) is 16.5. The van der Waals surface area contributed by atoms with E-state index in [1.165, 1.54) is 16.4 Å². The highest BCUT2D eigenvalue weighted by molar-refractivity contribution is 9.10. The van der Waals surface area contributed by atoms with Crippen LogP contribution < -0.4 is 5.32 Å². The Morgan fingerprint density at radius 3 is 2.43 bits per heavy atom. The van der Waals surface area contributed by atoms with Crippen molar-refractivity contribution >= 4 is 37.7 Å². The highest BCUT2D eigenvalue weighted by atomic mass is 79.9. The molecule has 0 radical (unpaired) electrons. The third-order valence-electron chi connectivity index (χ3n) is 4.59. The summed E-state index contributed by atoms with van der Waals surface area (Å²) in [6, 6.07) is 6.35. The topological polar surface area (TPSA) is 84.3 Å². The summed E-state index contributed by atoms with van der Waals surface area (Å²) in [5, 5.41) is 7.31. The molecule has 1 aromatic heterocycles. The Morgan fingerprint density at radius 1 is 1.18 bits per heavy atom. The quantitative estimate of drug-likeness (QED) is 0.740. The van der Waals surface area contributed by atoms with Gasteiger partial charge in [0.15, 0.2) is 0 Å². The second-order valence-corrected chi connectivity index (χ2v) is 10.8. The van der Waals surface area contributed by atoms with Crippen LogP contribution in [0.4, 0.5) is 5.82 Å². The molecular formula is C19H25BrN4O3S. The second kappa shape index (κ2) is 7.61. The predicted molar refractivity (Wildman–Crippen MR) is 112 cm³/mol. The summed E-state index contributed by atoms with van der Waals surface area (Å²) in [5.41, 5.74) is 0.740. The third-order valence-corrected chi connectivity index (χ3v) is 7.18. The van der Waals surface area contributed by atoms with E-state index in [1.807, 2.05) is 27.7 Å². The first-order valence-electron chi connectivity index (χ1n) is 9.18. The van der Waals surface area contributed by atoms with Crippen LogP contribution in [0.1, 0.15) is 49.7 Å². The maximum Gasteiger partial charge on any atom is 0.257 e. The van der Waals surface area contributed by atoms with Crippen molar-refractivity contribution in [2.24, 2.45) is 0 Å². The average Bonchev–Trinajstić information content (AvgIpc) is 3.24. The van der Waals surface area contributed by atoms with E-state index < -0.39 is 15.9 Å². The van der Waals surface area contributed by atoms with Crippen LogP contribution in [0.3, 0.4) is 0 Å². The van der Waals surface area contributed by atoms with Gasteiger partial charge in [-0.15, -0.1) is 0 Å². The van der Waals surface area contributed by atoms with Gasteiger partial charge in [-0.2, -0.15) is 9.40 Å². The van der Waals surface area contributed by atoms with Crippen LogP contribution in [0.15, 0.2) is 33.6 Å². The molecule has 9 heteroatoms. The Morgan fingerprint density at radius 2 is 1.82 bits per heavy atom. The molecule has 2 heterocycles. The Kier molecular flexibility index (Phi) is 5.71. The summed E-state index contributed by atoms with van der Waals surface area (Å²) < 4.78 is 29.4.